The highest BCUT2D eigenvalue weighted by Gasteiger charge is 2.38. The molecule has 0 aromatic carbocycles. The summed E-state index contributed by atoms with van der Waals surface area (Å²) in [5.74, 6) is 3.14. The zero-order valence-electron chi connectivity index (χ0n) is 13.7. The van der Waals surface area contributed by atoms with Crippen molar-refractivity contribution in [3.63, 3.8) is 0 Å². The molecule has 0 spiro atoms. The average Bonchev–Trinajstić information content (AvgIpc) is 3.32. The third-order valence-corrected chi connectivity index (χ3v) is 4.48. The second-order valence-corrected chi connectivity index (χ2v) is 6.31. The maximum atomic E-state index is 12.3. The molecular formula is C16H22N6O2. The lowest BCUT2D eigenvalue weighted by Gasteiger charge is -2.09. The van der Waals surface area contributed by atoms with Gasteiger partial charge >= 0.3 is 5.69 Å². The number of aromatic nitrogens is 3. The first-order chi connectivity index (χ1) is 11.6. The number of aryl methyl sites for hydroxylation is 1. The van der Waals surface area contributed by atoms with E-state index in [1.807, 2.05) is 0 Å². The molecule has 0 bridgehead atoms. The van der Waals surface area contributed by atoms with Crippen molar-refractivity contribution in [1.29, 1.82) is 0 Å². The largest absolute Gasteiger partial charge is 0.354 e. The molecule has 3 heterocycles. The van der Waals surface area contributed by atoms with Crippen LogP contribution in [0.3, 0.4) is 0 Å². The fourth-order valence-electron chi connectivity index (χ4n) is 2.99. The van der Waals surface area contributed by atoms with E-state index >= 15 is 0 Å². The minimum atomic E-state index is -0.401. The molecule has 3 rings (SSSR count). The third kappa shape index (κ3) is 3.72. The molecule has 8 heteroatoms. The van der Waals surface area contributed by atoms with Crippen molar-refractivity contribution >= 4 is 5.91 Å². The molecule has 24 heavy (non-hydrogen) atoms. The Morgan fingerprint density at radius 3 is 2.88 bits per heavy atom. The quantitative estimate of drug-likeness (QED) is 0.751. The van der Waals surface area contributed by atoms with Crippen molar-refractivity contribution in [2.24, 2.45) is 10.2 Å². The number of hydrogen-bond donors (Lipinski definition) is 1. The number of nitrogens with zero attached hydrogens (tertiary/aromatic N) is 5. The van der Waals surface area contributed by atoms with Crippen molar-refractivity contribution in [3.05, 3.63) is 16.3 Å². The van der Waals surface area contributed by atoms with Gasteiger partial charge in [-0.2, -0.15) is 15.3 Å². The molecule has 1 N–H and O–H groups in total. The van der Waals surface area contributed by atoms with Gasteiger partial charge in [0.1, 0.15) is 12.4 Å². The van der Waals surface area contributed by atoms with Crippen LogP contribution in [0.25, 0.3) is 0 Å². The smallest absolute Gasteiger partial charge is 0.346 e. The molecule has 0 saturated carbocycles. The van der Waals surface area contributed by atoms with E-state index in [0.29, 0.717) is 32.4 Å². The molecule has 1 aromatic rings. The molecule has 8 nitrogen and oxygen atoms in total. The number of hydrogen-bond acceptors (Lipinski definition) is 5. The minimum absolute atomic E-state index is 0.0511. The fourth-order valence-corrected chi connectivity index (χ4v) is 2.99. The Morgan fingerprint density at radius 1 is 1.29 bits per heavy atom. The number of rotatable bonds is 7. The Labute approximate surface area is 140 Å². The predicted octanol–water partition coefficient (Wildman–Crippen LogP) is 0.853. The van der Waals surface area contributed by atoms with Crippen molar-refractivity contribution < 1.29 is 4.79 Å². The fraction of sp³-hybridized carbons (Fsp3) is 0.688. The van der Waals surface area contributed by atoms with Crippen LogP contribution in [0.15, 0.2) is 15.0 Å². The van der Waals surface area contributed by atoms with Gasteiger partial charge in [0.25, 0.3) is 0 Å². The normalized spacial score (nSPS) is 17.6. The molecule has 2 aliphatic rings. The van der Waals surface area contributed by atoms with Crippen molar-refractivity contribution in [2.75, 3.05) is 6.54 Å². The Bertz CT molecular complexity index is 733. The number of amides is 1. The van der Waals surface area contributed by atoms with Gasteiger partial charge in [0.15, 0.2) is 5.66 Å². The Balaban J connectivity index is 1.49. The topological polar surface area (TPSA) is 93.6 Å². The van der Waals surface area contributed by atoms with Gasteiger partial charge in [0.2, 0.25) is 5.91 Å². The zero-order chi connectivity index (χ0) is 17.0. The van der Waals surface area contributed by atoms with Crippen LogP contribution in [0.5, 0.6) is 0 Å². The van der Waals surface area contributed by atoms with E-state index in [9.17, 15) is 9.59 Å². The van der Waals surface area contributed by atoms with Gasteiger partial charge in [-0.3, -0.25) is 9.36 Å². The predicted molar refractivity (Wildman–Crippen MR) is 87.3 cm³/mol. The van der Waals surface area contributed by atoms with Crippen LogP contribution in [0, 0.1) is 12.3 Å². The number of terminal acetylenes is 1. The number of fused-ring (bicyclic) bond motifs is 1. The summed E-state index contributed by atoms with van der Waals surface area (Å²) in [4.78, 5) is 24.3. The molecule has 0 radical (unpaired) electrons. The Morgan fingerprint density at radius 2 is 2.12 bits per heavy atom. The first-order valence-corrected chi connectivity index (χ1v) is 8.44. The summed E-state index contributed by atoms with van der Waals surface area (Å²) in [5, 5.41) is 15.2. The molecule has 0 aliphatic carbocycles. The van der Waals surface area contributed by atoms with E-state index in [4.69, 9.17) is 6.42 Å². The van der Waals surface area contributed by atoms with Gasteiger partial charge in [-0.1, -0.05) is 6.42 Å². The number of nitrogens with one attached hydrogen (secondary N) is 1. The average molecular weight is 330 g/mol. The number of carbonyl (C=O) groups is 1. The zero-order valence-corrected chi connectivity index (χ0v) is 13.7. The van der Waals surface area contributed by atoms with E-state index < -0.39 is 5.66 Å². The van der Waals surface area contributed by atoms with Crippen LogP contribution >= 0.6 is 0 Å². The molecule has 0 unspecified atom stereocenters. The molecule has 2 aliphatic heterocycles. The van der Waals surface area contributed by atoms with Gasteiger partial charge in [-0.25, -0.2) is 9.48 Å². The highest BCUT2D eigenvalue weighted by atomic mass is 16.2. The van der Waals surface area contributed by atoms with E-state index in [1.165, 1.54) is 4.68 Å². The summed E-state index contributed by atoms with van der Waals surface area (Å²) < 4.78 is 2.95. The van der Waals surface area contributed by atoms with Gasteiger partial charge in [-0.05, 0) is 12.8 Å². The molecule has 1 amide bonds. The van der Waals surface area contributed by atoms with E-state index in [1.54, 1.807) is 4.57 Å². The van der Waals surface area contributed by atoms with Gasteiger partial charge in [0, 0.05) is 38.8 Å². The van der Waals surface area contributed by atoms with Crippen LogP contribution in [0.1, 0.15) is 44.3 Å². The maximum absolute atomic E-state index is 12.3. The molecule has 128 valence electrons. The van der Waals surface area contributed by atoms with E-state index in [0.717, 1.165) is 31.5 Å². The molecule has 1 aromatic heterocycles. The first kappa shape index (κ1) is 16.4. The SMILES string of the molecule is C#CCCC1(CCNC(=O)Cn2nc3n(c2=O)CCCCC3)N=N1. The standard InChI is InChI=1S/C16H22N6O2/c1-2-3-8-16(19-20-16)9-10-17-14(23)12-22-15(24)21-11-6-4-5-7-13(21)18-22/h1H,3-12H2,(H,17,23). The third-order valence-electron chi connectivity index (χ3n) is 4.48. The molecule has 0 fully saturated rings. The summed E-state index contributed by atoms with van der Waals surface area (Å²) >= 11 is 0. The molecule has 0 saturated heterocycles. The monoisotopic (exact) mass is 330 g/mol. The number of carbonyl (C=O) groups excluding carboxylic acids is 1. The summed E-state index contributed by atoms with van der Waals surface area (Å²) in [6.45, 7) is 1.10. The van der Waals surface area contributed by atoms with Crippen LogP contribution < -0.4 is 11.0 Å². The summed E-state index contributed by atoms with van der Waals surface area (Å²) in [6.07, 6.45) is 11.1. The van der Waals surface area contributed by atoms with Crippen LogP contribution in [0.2, 0.25) is 0 Å². The van der Waals surface area contributed by atoms with E-state index in [2.05, 4.69) is 26.6 Å². The van der Waals surface area contributed by atoms with Crippen molar-refractivity contribution in [1.82, 2.24) is 19.7 Å². The lowest BCUT2D eigenvalue weighted by Crippen LogP contribution is -2.35. The van der Waals surface area contributed by atoms with E-state index in [-0.39, 0.29) is 18.1 Å². The summed E-state index contributed by atoms with van der Waals surface area (Å²) in [5.41, 5.74) is -0.595. The highest BCUT2D eigenvalue weighted by molar-refractivity contribution is 5.75. The lowest BCUT2D eigenvalue weighted by molar-refractivity contribution is -0.121. The molecule has 0 atom stereocenters. The van der Waals surface area contributed by atoms with Gasteiger partial charge < -0.3 is 5.32 Å². The Hall–Kier alpha value is -2.43. The van der Waals surface area contributed by atoms with Crippen molar-refractivity contribution in [3.8, 4) is 12.3 Å². The van der Waals surface area contributed by atoms with Crippen LogP contribution in [-0.2, 0) is 24.3 Å². The van der Waals surface area contributed by atoms with Gasteiger partial charge in [0.05, 0.1) is 0 Å². The second-order valence-electron chi connectivity index (χ2n) is 6.31. The minimum Gasteiger partial charge on any atom is -0.354 e. The highest BCUT2D eigenvalue weighted by Crippen LogP contribution is 2.35. The summed E-state index contributed by atoms with van der Waals surface area (Å²) in [6, 6.07) is 0. The van der Waals surface area contributed by atoms with Crippen LogP contribution in [0.4, 0.5) is 0 Å². The molecular weight excluding hydrogens is 308 g/mol. The van der Waals surface area contributed by atoms with Gasteiger partial charge in [-0.15, -0.1) is 12.3 Å². The Kier molecular flexibility index (Phi) is 4.79. The lowest BCUT2D eigenvalue weighted by atomic mass is 10.0. The van der Waals surface area contributed by atoms with Crippen molar-refractivity contribution in [2.45, 2.75) is 63.7 Å². The van der Waals surface area contributed by atoms with Crippen LogP contribution in [-0.4, -0.2) is 32.5 Å². The maximum Gasteiger partial charge on any atom is 0.346 e. The first-order valence-electron chi connectivity index (χ1n) is 8.44. The second kappa shape index (κ2) is 6.99. The summed E-state index contributed by atoms with van der Waals surface area (Å²) in [7, 11) is 0.